The predicted octanol–water partition coefficient (Wildman–Crippen LogP) is 2.36. The maximum atomic E-state index is 13.8. The average molecular weight is 267 g/mol. The SMILES string of the molecule is Cc1ccncc1C(NN)c1ccc(F)c(F)c1F. The van der Waals surface area contributed by atoms with Gasteiger partial charge in [0.1, 0.15) is 0 Å². The first-order valence-electron chi connectivity index (χ1n) is 5.56. The first-order chi connectivity index (χ1) is 9.06. The molecule has 19 heavy (non-hydrogen) atoms. The lowest BCUT2D eigenvalue weighted by atomic mass is 9.96. The van der Waals surface area contributed by atoms with Crippen LogP contribution in [-0.2, 0) is 0 Å². The van der Waals surface area contributed by atoms with Crippen LogP contribution in [-0.4, -0.2) is 4.98 Å². The lowest BCUT2D eigenvalue weighted by molar-refractivity contribution is 0.433. The zero-order chi connectivity index (χ0) is 14.0. The Balaban J connectivity index is 2.55. The molecule has 0 aliphatic heterocycles. The van der Waals surface area contributed by atoms with Crippen molar-refractivity contribution in [1.29, 1.82) is 0 Å². The van der Waals surface area contributed by atoms with Crippen molar-refractivity contribution in [2.75, 3.05) is 0 Å². The van der Waals surface area contributed by atoms with Crippen molar-refractivity contribution in [3.63, 3.8) is 0 Å². The van der Waals surface area contributed by atoms with Gasteiger partial charge in [-0.1, -0.05) is 6.07 Å². The van der Waals surface area contributed by atoms with E-state index in [1.165, 1.54) is 6.20 Å². The zero-order valence-corrected chi connectivity index (χ0v) is 10.1. The first kappa shape index (κ1) is 13.5. The Kier molecular flexibility index (Phi) is 3.82. The fourth-order valence-electron chi connectivity index (χ4n) is 1.89. The van der Waals surface area contributed by atoms with E-state index in [0.29, 0.717) is 5.56 Å². The highest BCUT2D eigenvalue weighted by Crippen LogP contribution is 2.27. The molecule has 1 atom stereocenters. The van der Waals surface area contributed by atoms with Crippen LogP contribution >= 0.6 is 0 Å². The molecule has 0 amide bonds. The van der Waals surface area contributed by atoms with Gasteiger partial charge < -0.3 is 0 Å². The van der Waals surface area contributed by atoms with Crippen LogP contribution in [0, 0.1) is 24.4 Å². The summed E-state index contributed by atoms with van der Waals surface area (Å²) in [6.45, 7) is 1.79. The average Bonchev–Trinajstić information content (AvgIpc) is 2.41. The third kappa shape index (κ3) is 2.45. The summed E-state index contributed by atoms with van der Waals surface area (Å²) in [7, 11) is 0. The number of pyridine rings is 1. The molecular weight excluding hydrogens is 255 g/mol. The van der Waals surface area contributed by atoms with Crippen molar-refractivity contribution in [3.8, 4) is 0 Å². The van der Waals surface area contributed by atoms with Crippen molar-refractivity contribution in [2.45, 2.75) is 13.0 Å². The second-order valence-corrected chi connectivity index (χ2v) is 4.10. The smallest absolute Gasteiger partial charge is 0.194 e. The van der Waals surface area contributed by atoms with Crippen molar-refractivity contribution in [3.05, 3.63) is 64.7 Å². The van der Waals surface area contributed by atoms with E-state index in [0.717, 1.165) is 17.7 Å². The number of hydrogen-bond acceptors (Lipinski definition) is 3. The summed E-state index contributed by atoms with van der Waals surface area (Å²) >= 11 is 0. The van der Waals surface area contributed by atoms with E-state index in [2.05, 4.69) is 10.4 Å². The Bertz CT molecular complexity index is 602. The number of benzene rings is 1. The van der Waals surface area contributed by atoms with E-state index in [1.807, 2.05) is 0 Å². The van der Waals surface area contributed by atoms with Crippen molar-refractivity contribution >= 4 is 0 Å². The maximum Gasteiger partial charge on any atom is 0.194 e. The summed E-state index contributed by atoms with van der Waals surface area (Å²) in [5.74, 6) is 1.39. The third-order valence-corrected chi connectivity index (χ3v) is 2.93. The zero-order valence-electron chi connectivity index (χ0n) is 10.1. The largest absolute Gasteiger partial charge is 0.271 e. The minimum atomic E-state index is -1.51. The fraction of sp³-hybridized carbons (Fsp3) is 0.154. The van der Waals surface area contributed by atoms with Gasteiger partial charge in [-0.05, 0) is 30.2 Å². The first-order valence-corrected chi connectivity index (χ1v) is 5.56. The molecule has 0 aliphatic carbocycles. The van der Waals surface area contributed by atoms with Crippen LogP contribution in [0.15, 0.2) is 30.6 Å². The third-order valence-electron chi connectivity index (χ3n) is 2.93. The summed E-state index contributed by atoms with van der Waals surface area (Å²) < 4.78 is 40.0. The second kappa shape index (κ2) is 5.38. The predicted molar refractivity (Wildman–Crippen MR) is 64.5 cm³/mol. The molecule has 1 aromatic carbocycles. The molecule has 0 saturated heterocycles. The van der Waals surface area contributed by atoms with Crippen molar-refractivity contribution < 1.29 is 13.2 Å². The van der Waals surface area contributed by atoms with Gasteiger partial charge in [0, 0.05) is 18.0 Å². The van der Waals surface area contributed by atoms with Gasteiger partial charge in [0.2, 0.25) is 0 Å². The van der Waals surface area contributed by atoms with E-state index in [1.54, 1.807) is 19.2 Å². The van der Waals surface area contributed by atoms with Crippen LogP contribution in [0.2, 0.25) is 0 Å². The molecule has 100 valence electrons. The van der Waals surface area contributed by atoms with Crippen LogP contribution in [0.25, 0.3) is 0 Å². The quantitative estimate of drug-likeness (QED) is 0.510. The van der Waals surface area contributed by atoms with Gasteiger partial charge in [0.15, 0.2) is 17.5 Å². The van der Waals surface area contributed by atoms with Crippen molar-refractivity contribution in [1.82, 2.24) is 10.4 Å². The Labute approximate surface area is 108 Å². The minimum Gasteiger partial charge on any atom is -0.271 e. The molecule has 0 aliphatic rings. The summed E-state index contributed by atoms with van der Waals surface area (Å²) in [5.41, 5.74) is 3.72. The normalized spacial score (nSPS) is 12.5. The molecule has 6 heteroatoms. The standard InChI is InChI=1S/C13H12F3N3/c1-7-4-5-18-6-9(7)13(19-17)8-2-3-10(14)12(16)11(8)15/h2-6,13,19H,17H2,1H3. The highest BCUT2D eigenvalue weighted by molar-refractivity contribution is 5.36. The van der Waals surface area contributed by atoms with Crippen LogP contribution in [0.1, 0.15) is 22.7 Å². The highest BCUT2D eigenvalue weighted by atomic mass is 19.2. The number of halogens is 3. The van der Waals surface area contributed by atoms with Gasteiger partial charge in [0.05, 0.1) is 6.04 Å². The molecule has 3 nitrogen and oxygen atoms in total. The van der Waals surface area contributed by atoms with Gasteiger partial charge >= 0.3 is 0 Å². The molecule has 1 aromatic heterocycles. The van der Waals surface area contributed by atoms with E-state index in [-0.39, 0.29) is 5.56 Å². The molecule has 0 saturated carbocycles. The molecule has 3 N–H and O–H groups in total. The lowest BCUT2D eigenvalue weighted by Crippen LogP contribution is -2.30. The molecule has 0 bridgehead atoms. The summed E-state index contributed by atoms with van der Waals surface area (Å²) in [5, 5.41) is 0. The number of rotatable bonds is 3. The molecule has 1 unspecified atom stereocenters. The maximum absolute atomic E-state index is 13.8. The monoisotopic (exact) mass is 267 g/mol. The van der Waals surface area contributed by atoms with Gasteiger partial charge in [-0.2, -0.15) is 0 Å². The molecule has 2 aromatic rings. The Morgan fingerprint density at radius 2 is 1.84 bits per heavy atom. The van der Waals surface area contributed by atoms with E-state index in [4.69, 9.17) is 5.84 Å². The van der Waals surface area contributed by atoms with Crippen molar-refractivity contribution in [2.24, 2.45) is 5.84 Å². The van der Waals surface area contributed by atoms with Gasteiger partial charge in [-0.15, -0.1) is 0 Å². The van der Waals surface area contributed by atoms with Crippen LogP contribution in [0.5, 0.6) is 0 Å². The van der Waals surface area contributed by atoms with Crippen LogP contribution < -0.4 is 11.3 Å². The molecular formula is C13H12F3N3. The Morgan fingerprint density at radius 3 is 2.47 bits per heavy atom. The molecule has 0 fully saturated rings. The van der Waals surface area contributed by atoms with Gasteiger partial charge in [0.25, 0.3) is 0 Å². The van der Waals surface area contributed by atoms with Gasteiger partial charge in [-0.25, -0.2) is 18.6 Å². The molecule has 0 spiro atoms. The number of nitrogens with two attached hydrogens (primary N) is 1. The van der Waals surface area contributed by atoms with Gasteiger partial charge in [-0.3, -0.25) is 10.8 Å². The summed E-state index contributed by atoms with van der Waals surface area (Å²) in [6, 6.07) is 2.94. The van der Waals surface area contributed by atoms with Crippen LogP contribution in [0.4, 0.5) is 13.2 Å². The molecule has 2 rings (SSSR count). The number of aromatic nitrogens is 1. The summed E-state index contributed by atoms with van der Waals surface area (Å²) in [4.78, 5) is 3.92. The number of hydrogen-bond donors (Lipinski definition) is 2. The number of nitrogens with one attached hydrogen (secondary N) is 1. The number of nitrogens with zero attached hydrogens (tertiary/aromatic N) is 1. The highest BCUT2D eigenvalue weighted by Gasteiger charge is 2.22. The lowest BCUT2D eigenvalue weighted by Gasteiger charge is -2.19. The van der Waals surface area contributed by atoms with Crippen LogP contribution in [0.3, 0.4) is 0 Å². The fourth-order valence-corrected chi connectivity index (χ4v) is 1.89. The second-order valence-electron chi connectivity index (χ2n) is 4.10. The number of aryl methyl sites for hydroxylation is 1. The Morgan fingerprint density at radius 1 is 1.11 bits per heavy atom. The number of hydrazine groups is 1. The minimum absolute atomic E-state index is 0.0718. The molecule has 0 radical (unpaired) electrons. The topological polar surface area (TPSA) is 50.9 Å². The molecule has 1 heterocycles. The van der Waals surface area contributed by atoms with E-state index < -0.39 is 23.5 Å². The van der Waals surface area contributed by atoms with E-state index >= 15 is 0 Å². The summed E-state index contributed by atoms with van der Waals surface area (Å²) in [6.07, 6.45) is 3.08. The Hall–Kier alpha value is -1.92. The van der Waals surface area contributed by atoms with E-state index in [9.17, 15) is 13.2 Å².